The van der Waals surface area contributed by atoms with E-state index in [2.05, 4.69) is 6.08 Å². The lowest BCUT2D eigenvalue weighted by Gasteiger charge is -2.18. The normalized spacial score (nSPS) is 27.1. The minimum Gasteiger partial charge on any atom is -0.467 e. The minimum absolute atomic E-state index is 0.417. The molecule has 1 heterocycles. The van der Waals surface area contributed by atoms with E-state index in [0.29, 0.717) is 0 Å². The fourth-order valence-electron chi connectivity index (χ4n) is 2.82. The average molecular weight is 312 g/mol. The Labute approximate surface area is 136 Å². The number of esters is 1. The van der Waals surface area contributed by atoms with E-state index in [1.54, 1.807) is 0 Å². The summed E-state index contributed by atoms with van der Waals surface area (Å²) in [4.78, 5) is 12.1. The van der Waals surface area contributed by atoms with Crippen molar-refractivity contribution in [3.05, 3.63) is 71.3 Å². The van der Waals surface area contributed by atoms with Gasteiger partial charge in [0.25, 0.3) is 0 Å². The van der Waals surface area contributed by atoms with Gasteiger partial charge in [-0.1, -0.05) is 60.2 Å². The summed E-state index contributed by atoms with van der Waals surface area (Å²) in [7, 11) is 1.37. The van der Waals surface area contributed by atoms with Gasteiger partial charge in [-0.3, -0.25) is 0 Å². The Hall–Kier alpha value is -2.17. The van der Waals surface area contributed by atoms with Gasteiger partial charge < -0.3 is 14.2 Å². The van der Waals surface area contributed by atoms with Crippen LogP contribution < -0.4 is 0 Å². The van der Waals surface area contributed by atoms with E-state index in [1.165, 1.54) is 7.11 Å². The van der Waals surface area contributed by atoms with Gasteiger partial charge in [0.15, 0.2) is 12.4 Å². The van der Waals surface area contributed by atoms with Gasteiger partial charge in [-0.15, -0.1) is 0 Å². The third-order valence-corrected chi connectivity index (χ3v) is 4.07. The van der Waals surface area contributed by atoms with Crippen molar-refractivity contribution in [2.75, 3.05) is 7.11 Å². The number of allylic oxidation sites excluding steroid dienone is 4. The molecule has 1 aliphatic carbocycles. The molecule has 1 aromatic carbocycles. The fraction of sp³-hybridized carbons (Fsp3) is 0.316. The first-order valence-corrected chi connectivity index (χ1v) is 7.67. The second kappa shape index (κ2) is 6.94. The van der Waals surface area contributed by atoms with Crippen LogP contribution in [0.2, 0.25) is 0 Å². The Bertz CT molecular complexity index is 657. The summed E-state index contributed by atoms with van der Waals surface area (Å²) in [6, 6.07) is 9.62. The fourth-order valence-corrected chi connectivity index (χ4v) is 2.82. The molecular weight excluding hydrogens is 292 g/mol. The van der Waals surface area contributed by atoms with Crippen LogP contribution in [0.25, 0.3) is 0 Å². The van der Waals surface area contributed by atoms with Crippen LogP contribution in [0.4, 0.5) is 0 Å². The number of ether oxygens (including phenoxy) is 3. The van der Waals surface area contributed by atoms with Crippen LogP contribution in [0.5, 0.6) is 0 Å². The molecule has 1 fully saturated rings. The first kappa shape index (κ1) is 15.7. The maximum absolute atomic E-state index is 12.1. The van der Waals surface area contributed by atoms with Gasteiger partial charge in [0.2, 0.25) is 0 Å². The van der Waals surface area contributed by atoms with Crippen LogP contribution in [-0.2, 0) is 19.0 Å². The lowest BCUT2D eigenvalue weighted by Crippen LogP contribution is -2.33. The lowest BCUT2D eigenvalue weighted by molar-refractivity contribution is -0.154. The number of methoxy groups -OCH3 is 1. The smallest absolute Gasteiger partial charge is 0.338 e. The van der Waals surface area contributed by atoms with Gasteiger partial charge in [0.05, 0.1) is 7.11 Å². The molecule has 4 nitrogen and oxygen atoms in total. The zero-order chi connectivity index (χ0) is 16.2. The quantitative estimate of drug-likeness (QED) is 0.802. The first-order chi connectivity index (χ1) is 11.2. The summed E-state index contributed by atoms with van der Waals surface area (Å²) < 4.78 is 16.9. The summed E-state index contributed by atoms with van der Waals surface area (Å²) in [6.07, 6.45) is 7.03. The molecule has 3 rings (SSSR count). The molecule has 1 aromatic rings. The highest BCUT2D eigenvalue weighted by Gasteiger charge is 2.44. The largest absolute Gasteiger partial charge is 0.467 e. The number of rotatable bonds is 3. The van der Waals surface area contributed by atoms with Gasteiger partial charge >= 0.3 is 5.97 Å². The van der Waals surface area contributed by atoms with Crippen LogP contribution in [0.1, 0.15) is 25.2 Å². The molecule has 1 saturated heterocycles. The Morgan fingerprint density at radius 3 is 2.70 bits per heavy atom. The van der Waals surface area contributed by atoms with Crippen LogP contribution in [-0.4, -0.2) is 25.3 Å². The van der Waals surface area contributed by atoms with Crippen molar-refractivity contribution in [1.29, 1.82) is 0 Å². The third-order valence-electron chi connectivity index (χ3n) is 4.07. The van der Waals surface area contributed by atoms with E-state index in [1.807, 2.05) is 55.5 Å². The summed E-state index contributed by atoms with van der Waals surface area (Å²) in [5, 5.41) is 0. The molecular formula is C19H20O4. The SMILES string of the molecule is COC(=O)C1OC(c2ccccc2)OC1C1=C(C)CC=CC=C1. The van der Waals surface area contributed by atoms with Gasteiger partial charge in [-0.05, 0) is 18.9 Å². The Kier molecular flexibility index (Phi) is 4.74. The number of carbonyl (C=O) groups excluding carboxylic acids is 1. The molecule has 120 valence electrons. The van der Waals surface area contributed by atoms with E-state index in [-0.39, 0.29) is 0 Å². The molecule has 0 amide bonds. The summed E-state index contributed by atoms with van der Waals surface area (Å²) >= 11 is 0. The van der Waals surface area contributed by atoms with Crippen molar-refractivity contribution in [3.63, 3.8) is 0 Å². The second-order valence-corrected chi connectivity index (χ2v) is 5.61. The summed E-state index contributed by atoms with van der Waals surface area (Å²) in [6.45, 7) is 2.04. The zero-order valence-corrected chi connectivity index (χ0v) is 13.3. The lowest BCUT2D eigenvalue weighted by atomic mass is 9.98. The number of hydrogen-bond donors (Lipinski definition) is 0. The molecule has 0 aromatic heterocycles. The molecule has 1 aliphatic heterocycles. The van der Waals surface area contributed by atoms with E-state index in [9.17, 15) is 4.79 Å². The zero-order valence-electron chi connectivity index (χ0n) is 13.3. The Morgan fingerprint density at radius 1 is 1.17 bits per heavy atom. The standard InChI is InChI=1S/C19H20O4/c1-13-9-5-3-8-12-15(13)16-17(18(20)21-2)23-19(22-16)14-10-6-4-7-11-14/h3-8,10-12,16-17,19H,9H2,1-2H3. The molecule has 0 bridgehead atoms. The molecule has 0 N–H and O–H groups in total. The first-order valence-electron chi connectivity index (χ1n) is 7.67. The molecule has 23 heavy (non-hydrogen) atoms. The molecule has 2 aliphatic rings. The van der Waals surface area contributed by atoms with Gasteiger partial charge in [-0.25, -0.2) is 4.79 Å². The predicted molar refractivity (Wildman–Crippen MR) is 86.5 cm³/mol. The maximum Gasteiger partial charge on any atom is 0.338 e. The van der Waals surface area contributed by atoms with Gasteiger partial charge in [-0.2, -0.15) is 0 Å². The molecule has 3 atom stereocenters. The highest BCUT2D eigenvalue weighted by molar-refractivity contribution is 5.76. The molecule has 4 heteroatoms. The molecule has 0 saturated carbocycles. The predicted octanol–water partition coefficient (Wildman–Crippen LogP) is 3.47. The van der Waals surface area contributed by atoms with Crippen LogP contribution in [0, 0.1) is 0 Å². The maximum atomic E-state index is 12.1. The van der Waals surface area contributed by atoms with Crippen molar-refractivity contribution >= 4 is 5.97 Å². The van der Waals surface area contributed by atoms with E-state index in [0.717, 1.165) is 23.1 Å². The number of carbonyl (C=O) groups is 1. The Balaban J connectivity index is 1.92. The number of hydrogen-bond acceptors (Lipinski definition) is 4. The molecule has 3 unspecified atom stereocenters. The molecule has 0 radical (unpaired) electrons. The van der Waals surface area contributed by atoms with E-state index in [4.69, 9.17) is 14.2 Å². The monoisotopic (exact) mass is 312 g/mol. The van der Waals surface area contributed by atoms with Gasteiger partial charge in [0, 0.05) is 5.56 Å². The Morgan fingerprint density at radius 2 is 1.96 bits per heavy atom. The van der Waals surface area contributed by atoms with E-state index >= 15 is 0 Å². The second-order valence-electron chi connectivity index (χ2n) is 5.61. The van der Waals surface area contributed by atoms with Gasteiger partial charge in [0.1, 0.15) is 6.10 Å². The summed E-state index contributed by atoms with van der Waals surface area (Å²) in [5.41, 5.74) is 3.02. The van der Waals surface area contributed by atoms with Crippen molar-refractivity contribution in [3.8, 4) is 0 Å². The average Bonchev–Trinajstić information content (AvgIpc) is 2.92. The van der Waals surface area contributed by atoms with Crippen LogP contribution in [0.15, 0.2) is 65.8 Å². The van der Waals surface area contributed by atoms with Crippen molar-refractivity contribution < 1.29 is 19.0 Å². The van der Waals surface area contributed by atoms with Crippen LogP contribution in [0.3, 0.4) is 0 Å². The topological polar surface area (TPSA) is 44.8 Å². The van der Waals surface area contributed by atoms with Crippen molar-refractivity contribution in [1.82, 2.24) is 0 Å². The molecule has 0 spiro atoms. The number of benzene rings is 1. The minimum atomic E-state index is -0.766. The third kappa shape index (κ3) is 3.28. The van der Waals surface area contributed by atoms with E-state index < -0.39 is 24.5 Å². The van der Waals surface area contributed by atoms with Crippen LogP contribution >= 0.6 is 0 Å². The highest BCUT2D eigenvalue weighted by atomic mass is 16.7. The summed E-state index contributed by atoms with van der Waals surface area (Å²) in [5.74, 6) is -0.417. The van der Waals surface area contributed by atoms with Crippen molar-refractivity contribution in [2.45, 2.75) is 31.8 Å². The van der Waals surface area contributed by atoms with Crippen molar-refractivity contribution in [2.24, 2.45) is 0 Å². The highest BCUT2D eigenvalue weighted by Crippen LogP contribution is 2.37.